The number of halogens is 2. The largest absolute Gasteiger partial charge is 0.478 e. The lowest BCUT2D eigenvalue weighted by Gasteiger charge is -2.04. The molecular formula is C11H8ClFN2O2. The highest BCUT2D eigenvalue weighted by atomic mass is 35.5. The smallest absolute Gasteiger partial charge is 0.338 e. The van der Waals surface area contributed by atoms with Crippen LogP contribution in [0.2, 0.25) is 5.02 Å². The lowest BCUT2D eigenvalue weighted by Crippen LogP contribution is -2.01. The maximum atomic E-state index is 12.8. The van der Waals surface area contributed by atoms with Crippen molar-refractivity contribution < 1.29 is 14.3 Å². The van der Waals surface area contributed by atoms with Crippen LogP contribution in [0.25, 0.3) is 0 Å². The molecule has 0 atom stereocenters. The first-order chi connectivity index (χ1) is 8.06. The number of carboxylic acid groups (broad SMARTS) is 1. The summed E-state index contributed by atoms with van der Waals surface area (Å²) in [6.07, 6.45) is 2.64. The molecule has 0 fully saturated rings. The molecule has 1 aromatic heterocycles. The second-order valence-electron chi connectivity index (χ2n) is 3.47. The van der Waals surface area contributed by atoms with Crippen molar-refractivity contribution in [1.82, 2.24) is 9.78 Å². The number of hydrogen-bond acceptors (Lipinski definition) is 2. The number of rotatable bonds is 3. The molecule has 0 aliphatic carbocycles. The van der Waals surface area contributed by atoms with Gasteiger partial charge in [-0.25, -0.2) is 9.18 Å². The maximum absolute atomic E-state index is 12.8. The Morgan fingerprint density at radius 3 is 2.88 bits per heavy atom. The van der Waals surface area contributed by atoms with Crippen LogP contribution in [0.5, 0.6) is 0 Å². The van der Waals surface area contributed by atoms with Gasteiger partial charge in [-0.05, 0) is 17.7 Å². The summed E-state index contributed by atoms with van der Waals surface area (Å²) < 4.78 is 14.2. The fourth-order valence-corrected chi connectivity index (χ4v) is 1.61. The van der Waals surface area contributed by atoms with Crippen LogP contribution in [-0.2, 0) is 6.54 Å². The van der Waals surface area contributed by atoms with Gasteiger partial charge in [0.2, 0.25) is 0 Å². The van der Waals surface area contributed by atoms with E-state index in [2.05, 4.69) is 5.10 Å². The molecule has 0 spiro atoms. The third-order valence-corrected chi connectivity index (χ3v) is 2.58. The Bertz CT molecular complexity index is 568. The molecule has 6 heteroatoms. The molecule has 1 N–H and O–H groups in total. The minimum atomic E-state index is -1.04. The zero-order chi connectivity index (χ0) is 12.4. The van der Waals surface area contributed by atoms with E-state index in [1.807, 2.05) is 0 Å². The Kier molecular flexibility index (Phi) is 3.10. The van der Waals surface area contributed by atoms with E-state index in [1.165, 1.54) is 29.2 Å². The molecule has 1 aromatic carbocycles. The first kappa shape index (κ1) is 11.6. The Balaban J connectivity index is 2.22. The van der Waals surface area contributed by atoms with Crippen molar-refractivity contribution in [1.29, 1.82) is 0 Å². The van der Waals surface area contributed by atoms with Crippen molar-refractivity contribution in [3.63, 3.8) is 0 Å². The zero-order valence-corrected chi connectivity index (χ0v) is 9.36. The van der Waals surface area contributed by atoms with Crippen LogP contribution in [0.15, 0.2) is 30.6 Å². The third kappa shape index (κ3) is 2.62. The minimum absolute atomic E-state index is 0.100. The predicted molar refractivity (Wildman–Crippen MR) is 59.7 cm³/mol. The van der Waals surface area contributed by atoms with E-state index >= 15 is 0 Å². The lowest BCUT2D eigenvalue weighted by molar-refractivity contribution is 0.0697. The molecule has 0 bridgehead atoms. The predicted octanol–water partition coefficient (Wildman–Crippen LogP) is 2.42. The van der Waals surface area contributed by atoms with E-state index in [4.69, 9.17) is 16.7 Å². The van der Waals surface area contributed by atoms with Gasteiger partial charge in [0.1, 0.15) is 5.82 Å². The van der Waals surface area contributed by atoms with Gasteiger partial charge in [0.15, 0.2) is 0 Å². The number of nitrogens with zero attached hydrogens (tertiary/aromatic N) is 2. The highest BCUT2D eigenvalue weighted by molar-refractivity contribution is 6.31. The fraction of sp³-hybridized carbons (Fsp3) is 0.0909. The second kappa shape index (κ2) is 4.55. The van der Waals surface area contributed by atoms with Gasteiger partial charge in [-0.1, -0.05) is 17.7 Å². The summed E-state index contributed by atoms with van der Waals surface area (Å²) in [4.78, 5) is 10.6. The van der Waals surface area contributed by atoms with Crippen molar-refractivity contribution in [2.75, 3.05) is 0 Å². The van der Waals surface area contributed by atoms with Gasteiger partial charge >= 0.3 is 5.97 Å². The number of aromatic carboxylic acids is 1. The Labute approximate surface area is 101 Å². The summed E-state index contributed by atoms with van der Waals surface area (Å²) in [5.41, 5.74) is 0.774. The molecule has 0 saturated carbocycles. The molecule has 0 aliphatic heterocycles. The van der Waals surface area contributed by atoms with Crippen LogP contribution in [0.3, 0.4) is 0 Å². The molecule has 4 nitrogen and oxygen atoms in total. The molecular weight excluding hydrogens is 247 g/mol. The molecule has 2 rings (SSSR count). The van der Waals surface area contributed by atoms with Crippen molar-refractivity contribution in [3.05, 3.63) is 52.6 Å². The van der Waals surface area contributed by atoms with Crippen LogP contribution in [0.4, 0.5) is 4.39 Å². The molecule has 0 aliphatic rings. The molecule has 2 aromatic rings. The van der Waals surface area contributed by atoms with Gasteiger partial charge in [0.25, 0.3) is 0 Å². The summed E-state index contributed by atoms with van der Waals surface area (Å²) in [7, 11) is 0. The van der Waals surface area contributed by atoms with E-state index in [0.29, 0.717) is 12.1 Å². The third-order valence-electron chi connectivity index (χ3n) is 2.23. The zero-order valence-electron chi connectivity index (χ0n) is 8.60. The summed E-state index contributed by atoms with van der Waals surface area (Å²) in [5, 5.41) is 12.9. The quantitative estimate of drug-likeness (QED) is 0.915. The van der Waals surface area contributed by atoms with Crippen molar-refractivity contribution in [2.45, 2.75) is 6.54 Å². The first-order valence-electron chi connectivity index (χ1n) is 4.76. The van der Waals surface area contributed by atoms with Gasteiger partial charge in [0, 0.05) is 11.2 Å². The normalized spacial score (nSPS) is 10.5. The van der Waals surface area contributed by atoms with Crippen molar-refractivity contribution >= 4 is 17.6 Å². The van der Waals surface area contributed by atoms with Crippen molar-refractivity contribution in [3.8, 4) is 0 Å². The second-order valence-corrected chi connectivity index (χ2v) is 3.87. The summed E-state index contributed by atoms with van der Waals surface area (Å²) in [6, 6.07) is 4.04. The average Bonchev–Trinajstić information content (AvgIpc) is 2.71. The summed E-state index contributed by atoms with van der Waals surface area (Å²) in [6.45, 7) is 0.298. The van der Waals surface area contributed by atoms with Gasteiger partial charge in [0.05, 0.1) is 18.3 Å². The molecule has 0 unspecified atom stereocenters. The number of carboxylic acids is 1. The van der Waals surface area contributed by atoms with E-state index in [9.17, 15) is 9.18 Å². The standard InChI is InChI=1S/C11H8ClFN2O2/c12-10-3-9(13)2-1-7(10)5-15-6-8(4-14-15)11(16)17/h1-4,6H,5H2,(H,16,17). The maximum Gasteiger partial charge on any atom is 0.338 e. The van der Waals surface area contributed by atoms with E-state index in [0.717, 1.165) is 0 Å². The van der Waals surface area contributed by atoms with E-state index in [-0.39, 0.29) is 10.6 Å². The van der Waals surface area contributed by atoms with Crippen LogP contribution >= 0.6 is 11.6 Å². The van der Waals surface area contributed by atoms with Gasteiger partial charge in [-0.15, -0.1) is 0 Å². The highest BCUT2D eigenvalue weighted by Crippen LogP contribution is 2.18. The first-order valence-corrected chi connectivity index (χ1v) is 5.14. The molecule has 0 saturated heterocycles. The average molecular weight is 255 g/mol. The van der Waals surface area contributed by atoms with Crippen molar-refractivity contribution in [2.24, 2.45) is 0 Å². The molecule has 0 amide bonds. The SMILES string of the molecule is O=C(O)c1cnn(Cc2ccc(F)cc2Cl)c1. The number of carbonyl (C=O) groups is 1. The Hall–Kier alpha value is -1.88. The van der Waals surface area contributed by atoms with E-state index in [1.54, 1.807) is 6.07 Å². The molecule has 17 heavy (non-hydrogen) atoms. The minimum Gasteiger partial charge on any atom is -0.478 e. The number of hydrogen-bond donors (Lipinski definition) is 1. The van der Waals surface area contributed by atoms with Crippen LogP contribution in [0, 0.1) is 5.82 Å². The van der Waals surface area contributed by atoms with Gasteiger partial charge in [-0.3, -0.25) is 4.68 Å². The summed E-state index contributed by atoms with van der Waals surface area (Å²) >= 11 is 5.85. The van der Waals surface area contributed by atoms with Crippen LogP contribution < -0.4 is 0 Å². The monoisotopic (exact) mass is 254 g/mol. The highest BCUT2D eigenvalue weighted by Gasteiger charge is 2.08. The topological polar surface area (TPSA) is 55.1 Å². The molecule has 1 heterocycles. The van der Waals surface area contributed by atoms with E-state index < -0.39 is 11.8 Å². The van der Waals surface area contributed by atoms with Crippen LogP contribution in [-0.4, -0.2) is 20.9 Å². The van der Waals surface area contributed by atoms with Crippen LogP contribution in [0.1, 0.15) is 15.9 Å². The Morgan fingerprint density at radius 2 is 2.29 bits per heavy atom. The lowest BCUT2D eigenvalue weighted by atomic mass is 10.2. The number of aromatic nitrogens is 2. The fourth-order valence-electron chi connectivity index (χ4n) is 1.38. The molecule has 0 radical (unpaired) electrons. The van der Waals surface area contributed by atoms with Gasteiger partial charge in [-0.2, -0.15) is 5.10 Å². The van der Waals surface area contributed by atoms with Gasteiger partial charge < -0.3 is 5.11 Å². The summed E-state index contributed by atoms with van der Waals surface area (Å²) in [5.74, 6) is -1.45. The molecule has 88 valence electrons. The number of benzene rings is 1. The Morgan fingerprint density at radius 1 is 1.53 bits per heavy atom.